The monoisotopic (exact) mass is 168 g/mol. The van der Waals surface area contributed by atoms with Crippen LogP contribution in [0.25, 0.3) is 0 Å². The lowest BCUT2D eigenvalue weighted by atomic mass is 9.85. The summed E-state index contributed by atoms with van der Waals surface area (Å²) in [4.78, 5) is 0. The van der Waals surface area contributed by atoms with E-state index in [4.69, 9.17) is 0 Å². The van der Waals surface area contributed by atoms with Gasteiger partial charge in [-0.2, -0.15) is 12.6 Å². The van der Waals surface area contributed by atoms with Gasteiger partial charge in [0.2, 0.25) is 0 Å². The third kappa shape index (κ3) is 2.45. The summed E-state index contributed by atoms with van der Waals surface area (Å²) in [5, 5.41) is 0.454. The van der Waals surface area contributed by atoms with Crippen LogP contribution in [0.3, 0.4) is 0 Å². The molecule has 0 saturated heterocycles. The van der Waals surface area contributed by atoms with Crippen LogP contribution in [-0.2, 0) is 0 Å². The largest absolute Gasteiger partial charge is 0.174 e. The molecule has 1 atom stereocenters. The van der Waals surface area contributed by atoms with Crippen LogP contribution >= 0.6 is 12.6 Å². The summed E-state index contributed by atoms with van der Waals surface area (Å²) >= 11 is 4.56. The van der Waals surface area contributed by atoms with Gasteiger partial charge in [-0.1, -0.05) is 12.3 Å². The maximum atomic E-state index is 4.56. The van der Waals surface area contributed by atoms with Crippen molar-refractivity contribution in [3.05, 3.63) is 0 Å². The fourth-order valence-corrected chi connectivity index (χ4v) is 1.53. The second kappa shape index (κ2) is 3.54. The van der Waals surface area contributed by atoms with Crippen molar-refractivity contribution in [3.8, 4) is 11.8 Å². The number of hydrogen-bond donors (Lipinski definition) is 1. The van der Waals surface area contributed by atoms with Crippen molar-refractivity contribution >= 4 is 12.6 Å². The summed E-state index contributed by atoms with van der Waals surface area (Å²) in [6, 6.07) is 0. The topological polar surface area (TPSA) is 0 Å². The van der Waals surface area contributed by atoms with Gasteiger partial charge in [-0.3, -0.25) is 0 Å². The van der Waals surface area contributed by atoms with E-state index in [0.717, 1.165) is 6.42 Å². The first-order valence-electron chi connectivity index (χ1n) is 4.31. The zero-order valence-corrected chi connectivity index (χ0v) is 8.25. The second-order valence-corrected chi connectivity index (χ2v) is 4.41. The van der Waals surface area contributed by atoms with Gasteiger partial charge in [0.25, 0.3) is 0 Å². The highest BCUT2D eigenvalue weighted by Gasteiger charge is 2.24. The third-order valence-electron chi connectivity index (χ3n) is 2.27. The number of hydrogen-bond acceptors (Lipinski definition) is 1. The van der Waals surface area contributed by atoms with Gasteiger partial charge in [0, 0.05) is 17.1 Å². The van der Waals surface area contributed by atoms with Gasteiger partial charge in [0.15, 0.2) is 0 Å². The molecule has 1 aliphatic carbocycles. The van der Waals surface area contributed by atoms with Crippen molar-refractivity contribution in [1.82, 2.24) is 0 Å². The zero-order chi connectivity index (χ0) is 8.32. The van der Waals surface area contributed by atoms with Gasteiger partial charge in [0.05, 0.1) is 0 Å². The molecule has 1 aliphatic rings. The minimum absolute atomic E-state index is 0.115. The maximum absolute atomic E-state index is 4.56. The normalized spacial score (nSPS) is 29.5. The summed E-state index contributed by atoms with van der Waals surface area (Å²) in [5.41, 5.74) is 0.115. The molecule has 0 bridgehead atoms. The van der Waals surface area contributed by atoms with E-state index in [2.05, 4.69) is 38.3 Å². The van der Waals surface area contributed by atoms with Gasteiger partial charge in [0.1, 0.15) is 0 Å². The van der Waals surface area contributed by atoms with Crippen molar-refractivity contribution in [1.29, 1.82) is 0 Å². The Kier molecular flexibility index (Phi) is 2.90. The van der Waals surface area contributed by atoms with Gasteiger partial charge in [-0.15, -0.1) is 5.92 Å². The van der Waals surface area contributed by atoms with Crippen LogP contribution in [0.2, 0.25) is 0 Å². The van der Waals surface area contributed by atoms with Crippen LogP contribution in [0, 0.1) is 17.3 Å². The first-order chi connectivity index (χ1) is 5.13. The van der Waals surface area contributed by atoms with Gasteiger partial charge < -0.3 is 0 Å². The Hall–Kier alpha value is -0.0900. The molecule has 1 heteroatoms. The Balaban J connectivity index is 2.71. The minimum atomic E-state index is 0.115. The molecular formula is C10H16S. The highest BCUT2D eigenvalue weighted by molar-refractivity contribution is 7.81. The summed E-state index contributed by atoms with van der Waals surface area (Å²) < 4.78 is 0. The highest BCUT2D eigenvalue weighted by Crippen LogP contribution is 2.29. The Bertz CT molecular complexity index is 183. The second-order valence-electron chi connectivity index (χ2n) is 3.79. The summed E-state index contributed by atoms with van der Waals surface area (Å²) in [5.74, 6) is 6.49. The molecule has 11 heavy (non-hydrogen) atoms. The molecule has 62 valence electrons. The Morgan fingerprint density at radius 3 is 2.82 bits per heavy atom. The molecule has 0 heterocycles. The SMILES string of the molecule is CC1(C)C#CCCCCC1S. The number of rotatable bonds is 0. The van der Waals surface area contributed by atoms with Crippen molar-refractivity contribution in [2.45, 2.75) is 44.8 Å². The standard InChI is InChI=1S/C10H16S/c1-10(2)8-6-4-3-5-7-9(10)11/h9,11H,3-5,7H2,1-2H3. The molecule has 0 radical (unpaired) electrons. The van der Waals surface area contributed by atoms with Crippen LogP contribution in [0.5, 0.6) is 0 Å². The lowest BCUT2D eigenvalue weighted by Gasteiger charge is -2.26. The van der Waals surface area contributed by atoms with Gasteiger partial charge in [-0.25, -0.2) is 0 Å². The van der Waals surface area contributed by atoms with E-state index in [1.807, 2.05) is 0 Å². The fraction of sp³-hybridized carbons (Fsp3) is 0.800. The molecule has 0 aliphatic heterocycles. The van der Waals surface area contributed by atoms with E-state index in [0.29, 0.717) is 5.25 Å². The van der Waals surface area contributed by atoms with E-state index >= 15 is 0 Å². The molecule has 0 nitrogen and oxygen atoms in total. The molecule has 0 N–H and O–H groups in total. The van der Waals surface area contributed by atoms with Gasteiger partial charge >= 0.3 is 0 Å². The molecule has 0 fully saturated rings. The van der Waals surface area contributed by atoms with Crippen LogP contribution in [0.1, 0.15) is 39.5 Å². The Labute approximate surface area is 75.2 Å². The van der Waals surface area contributed by atoms with Crippen LogP contribution in [-0.4, -0.2) is 5.25 Å². The average molecular weight is 168 g/mol. The predicted octanol–water partition coefficient (Wildman–Crippen LogP) is 2.89. The van der Waals surface area contributed by atoms with Crippen molar-refractivity contribution in [2.75, 3.05) is 0 Å². The quantitative estimate of drug-likeness (QED) is 0.417. The lowest BCUT2D eigenvalue weighted by Crippen LogP contribution is -2.23. The molecular weight excluding hydrogens is 152 g/mol. The van der Waals surface area contributed by atoms with Crippen molar-refractivity contribution in [2.24, 2.45) is 5.41 Å². The van der Waals surface area contributed by atoms with E-state index in [1.165, 1.54) is 19.3 Å². The fourth-order valence-electron chi connectivity index (χ4n) is 1.29. The molecule has 0 aromatic carbocycles. The van der Waals surface area contributed by atoms with Crippen molar-refractivity contribution < 1.29 is 0 Å². The molecule has 0 saturated carbocycles. The summed E-state index contributed by atoms with van der Waals surface area (Å²) in [7, 11) is 0. The Morgan fingerprint density at radius 1 is 1.36 bits per heavy atom. The van der Waals surface area contributed by atoms with E-state index in [1.54, 1.807) is 0 Å². The average Bonchev–Trinajstić information content (AvgIpc) is 1.93. The number of thiol groups is 1. The predicted molar refractivity (Wildman–Crippen MR) is 52.8 cm³/mol. The molecule has 0 amide bonds. The Morgan fingerprint density at radius 2 is 2.09 bits per heavy atom. The molecule has 1 unspecified atom stereocenters. The molecule has 0 spiro atoms. The van der Waals surface area contributed by atoms with Crippen LogP contribution in [0.15, 0.2) is 0 Å². The smallest absolute Gasteiger partial charge is 0.0374 e. The lowest BCUT2D eigenvalue weighted by molar-refractivity contribution is 0.441. The van der Waals surface area contributed by atoms with Crippen LogP contribution in [0.4, 0.5) is 0 Å². The maximum Gasteiger partial charge on any atom is 0.0374 e. The van der Waals surface area contributed by atoms with Crippen molar-refractivity contribution in [3.63, 3.8) is 0 Å². The van der Waals surface area contributed by atoms with Gasteiger partial charge in [-0.05, 0) is 26.7 Å². The minimum Gasteiger partial charge on any atom is -0.174 e. The molecule has 0 aromatic rings. The zero-order valence-electron chi connectivity index (χ0n) is 7.35. The highest BCUT2D eigenvalue weighted by atomic mass is 32.1. The van der Waals surface area contributed by atoms with Crippen LogP contribution < -0.4 is 0 Å². The third-order valence-corrected chi connectivity index (χ3v) is 3.18. The summed E-state index contributed by atoms with van der Waals surface area (Å²) in [6.45, 7) is 4.37. The summed E-state index contributed by atoms with van der Waals surface area (Å²) in [6.07, 6.45) is 4.82. The van der Waals surface area contributed by atoms with E-state index < -0.39 is 0 Å². The van der Waals surface area contributed by atoms with E-state index in [9.17, 15) is 0 Å². The first-order valence-corrected chi connectivity index (χ1v) is 4.83. The first kappa shape index (κ1) is 9.00. The molecule has 0 aromatic heterocycles. The van der Waals surface area contributed by atoms with E-state index in [-0.39, 0.29) is 5.41 Å². The molecule has 1 rings (SSSR count).